The summed E-state index contributed by atoms with van der Waals surface area (Å²) < 4.78 is 28.0. The first-order chi connectivity index (χ1) is 18.0. The molecule has 17 nitrogen and oxygen atoms in total. The summed E-state index contributed by atoms with van der Waals surface area (Å²) in [5.74, 6) is 0.297. The quantitative estimate of drug-likeness (QED) is 0.107. The zero-order valence-corrected chi connectivity index (χ0v) is 21.3. The molecule has 0 aromatic heterocycles. The fraction of sp³-hybridized carbons (Fsp3) is 1.00. The molecule has 0 aromatic carbocycles. The van der Waals surface area contributed by atoms with Gasteiger partial charge in [-0.3, -0.25) is 5.32 Å². The fourth-order valence-electron chi connectivity index (χ4n) is 4.68. The third-order valence-corrected chi connectivity index (χ3v) is 7.23. The lowest BCUT2D eigenvalue weighted by Crippen LogP contribution is -2.75. The van der Waals surface area contributed by atoms with E-state index in [0.717, 1.165) is 0 Å². The van der Waals surface area contributed by atoms with E-state index in [4.69, 9.17) is 40.9 Å². The topological polar surface area (TPSA) is 298 Å². The van der Waals surface area contributed by atoms with Crippen molar-refractivity contribution >= 4 is 12.6 Å². The van der Waals surface area contributed by atoms with E-state index in [2.05, 4.69) is 17.9 Å². The third-order valence-electron chi connectivity index (χ3n) is 7.01. The largest absolute Gasteiger partial charge is 0.394 e. The van der Waals surface area contributed by atoms with E-state index in [1.807, 2.05) is 0 Å². The Morgan fingerprint density at radius 2 is 1.29 bits per heavy atom. The molecular formula is C20H40N4O13S. The van der Waals surface area contributed by atoms with Crippen LogP contribution in [0.25, 0.3) is 0 Å². The fourth-order valence-corrected chi connectivity index (χ4v) is 4.79. The van der Waals surface area contributed by atoms with E-state index < -0.39 is 111 Å². The van der Waals surface area contributed by atoms with Gasteiger partial charge in [0.2, 0.25) is 0 Å². The van der Waals surface area contributed by atoms with Gasteiger partial charge in [0.25, 0.3) is 0 Å². The second-order valence-corrected chi connectivity index (χ2v) is 9.95. The Morgan fingerprint density at radius 3 is 1.84 bits per heavy atom. The highest BCUT2D eigenvalue weighted by Gasteiger charge is 2.56. The Morgan fingerprint density at radius 1 is 0.763 bits per heavy atom. The highest BCUT2D eigenvalue weighted by Crippen LogP contribution is 2.33. The van der Waals surface area contributed by atoms with Crippen molar-refractivity contribution in [3.05, 3.63) is 0 Å². The second-order valence-electron chi connectivity index (χ2n) is 9.51. The molecule has 3 rings (SSSR count). The van der Waals surface area contributed by atoms with Gasteiger partial charge in [-0.05, 0) is 0 Å². The summed E-state index contributed by atoms with van der Waals surface area (Å²) >= 11 is 4.06. The minimum atomic E-state index is -1.88. The molecule has 15 atom stereocenters. The molecule has 3 fully saturated rings. The molecule has 3 saturated heterocycles. The summed E-state index contributed by atoms with van der Waals surface area (Å²) in [6, 6.07) is -4.00. The molecular weight excluding hydrogens is 536 g/mol. The number of aliphatic hydroxyl groups is 8. The SMILES string of the molecule is N[C@H]1[C@@H](OC2[C@@H](CO)O[C@@H](OC3[C@@H](CO)O[C@@H](O)[C@H](N)[C@H]3O)[C@H](N)[C@H]2O)O[C@@](CO)(NCCS)[C@@H](O)[C@@H]1O. The third kappa shape index (κ3) is 6.27. The Kier molecular flexibility index (Phi) is 11.5. The van der Waals surface area contributed by atoms with Crippen LogP contribution in [0.1, 0.15) is 0 Å². The van der Waals surface area contributed by atoms with Gasteiger partial charge >= 0.3 is 0 Å². The van der Waals surface area contributed by atoms with Crippen LogP contribution < -0.4 is 22.5 Å². The van der Waals surface area contributed by atoms with E-state index in [9.17, 15) is 40.9 Å². The van der Waals surface area contributed by atoms with Crippen molar-refractivity contribution in [3.8, 4) is 0 Å². The molecule has 3 aliphatic rings. The summed E-state index contributed by atoms with van der Waals surface area (Å²) in [4.78, 5) is 0. The van der Waals surface area contributed by atoms with Crippen molar-refractivity contribution in [2.75, 3.05) is 32.1 Å². The van der Waals surface area contributed by atoms with Gasteiger partial charge in [-0.2, -0.15) is 12.6 Å². The number of nitrogens with two attached hydrogens (primary N) is 3. The number of hydrogen-bond donors (Lipinski definition) is 13. The first-order valence-corrected chi connectivity index (χ1v) is 12.7. The molecule has 0 aliphatic carbocycles. The molecule has 0 bridgehead atoms. The normalized spacial score (nSPS) is 50.2. The molecule has 224 valence electrons. The van der Waals surface area contributed by atoms with Crippen LogP contribution in [-0.2, 0) is 23.7 Å². The van der Waals surface area contributed by atoms with Crippen LogP contribution in [-0.4, -0.2) is 165 Å². The molecule has 2 unspecified atom stereocenters. The highest BCUT2D eigenvalue weighted by atomic mass is 32.1. The van der Waals surface area contributed by atoms with Gasteiger partial charge in [0.05, 0.1) is 37.9 Å². The van der Waals surface area contributed by atoms with Gasteiger partial charge in [-0.15, -0.1) is 0 Å². The van der Waals surface area contributed by atoms with Crippen LogP contribution in [0.15, 0.2) is 0 Å². The molecule has 3 aliphatic heterocycles. The summed E-state index contributed by atoms with van der Waals surface area (Å²) in [5, 5.41) is 84.5. The standard InChI is InChI=1S/C20H40N4O13S/c21-8-11(28)14(6(3-25)33-17(8)32)35-18-9(22)12(29)15(7(4-26)34-18)36-19-10(23)13(30)16(31)20(5-27,37-19)24-1-2-38/h6-19,24-32,38H,1-5,21-23H2/t6-,7-,8-,9-,10-,11-,12-,13-,14?,15?,16+,17-,18+,19+,20-/m1/s1. The van der Waals surface area contributed by atoms with Crippen molar-refractivity contribution in [3.63, 3.8) is 0 Å². The summed E-state index contributed by atoms with van der Waals surface area (Å²) in [7, 11) is 0. The summed E-state index contributed by atoms with van der Waals surface area (Å²) in [6.07, 6.45) is -16.2. The van der Waals surface area contributed by atoms with Crippen LogP contribution in [0.4, 0.5) is 0 Å². The average molecular weight is 577 g/mol. The van der Waals surface area contributed by atoms with Gasteiger partial charge in [-0.1, -0.05) is 0 Å². The lowest BCUT2D eigenvalue weighted by molar-refractivity contribution is -0.364. The van der Waals surface area contributed by atoms with E-state index >= 15 is 0 Å². The smallest absolute Gasteiger partial charge is 0.178 e. The summed E-state index contributed by atoms with van der Waals surface area (Å²) in [6.45, 7) is -2.01. The molecule has 15 N–H and O–H groups in total. The maximum atomic E-state index is 11.0. The zero-order valence-electron chi connectivity index (χ0n) is 20.4. The molecule has 3 heterocycles. The van der Waals surface area contributed by atoms with E-state index in [1.54, 1.807) is 0 Å². The molecule has 0 radical (unpaired) electrons. The highest BCUT2D eigenvalue weighted by molar-refractivity contribution is 7.80. The maximum Gasteiger partial charge on any atom is 0.178 e. The average Bonchev–Trinajstić information content (AvgIpc) is 2.92. The number of nitrogens with one attached hydrogen (secondary N) is 1. The minimum absolute atomic E-state index is 0.167. The molecule has 0 spiro atoms. The van der Waals surface area contributed by atoms with Crippen molar-refractivity contribution in [1.29, 1.82) is 0 Å². The van der Waals surface area contributed by atoms with Gasteiger partial charge in [0.15, 0.2) is 24.6 Å². The van der Waals surface area contributed by atoms with Crippen LogP contribution in [0, 0.1) is 0 Å². The number of aliphatic hydroxyl groups excluding tert-OH is 8. The van der Waals surface area contributed by atoms with Crippen molar-refractivity contribution < 1.29 is 64.5 Å². The number of thiol groups is 1. The minimum Gasteiger partial charge on any atom is -0.394 e. The maximum absolute atomic E-state index is 11.0. The molecule has 0 amide bonds. The number of ether oxygens (including phenoxy) is 5. The molecule has 38 heavy (non-hydrogen) atoms. The molecule has 0 saturated carbocycles. The number of rotatable bonds is 10. The van der Waals surface area contributed by atoms with Crippen LogP contribution in [0.5, 0.6) is 0 Å². The van der Waals surface area contributed by atoms with E-state index in [-0.39, 0.29) is 6.54 Å². The number of hydrogen-bond acceptors (Lipinski definition) is 18. The van der Waals surface area contributed by atoms with Gasteiger partial charge < -0.3 is 81.7 Å². The Labute approximate surface area is 223 Å². The predicted octanol–water partition coefficient (Wildman–Crippen LogP) is -7.83. The predicted molar refractivity (Wildman–Crippen MR) is 128 cm³/mol. The Bertz CT molecular complexity index is 747. The first-order valence-electron chi connectivity index (χ1n) is 12.1. The van der Waals surface area contributed by atoms with Crippen molar-refractivity contribution in [2.45, 2.75) is 91.6 Å². The molecule has 18 heteroatoms. The lowest BCUT2D eigenvalue weighted by Gasteiger charge is -2.51. The zero-order chi connectivity index (χ0) is 28.4. The van der Waals surface area contributed by atoms with Crippen molar-refractivity contribution in [2.24, 2.45) is 17.2 Å². The van der Waals surface area contributed by atoms with Crippen molar-refractivity contribution in [1.82, 2.24) is 5.32 Å². The van der Waals surface area contributed by atoms with E-state index in [1.165, 1.54) is 0 Å². The Hall–Kier alpha value is -0.330. The van der Waals surface area contributed by atoms with Gasteiger partial charge in [0.1, 0.15) is 48.8 Å². The van der Waals surface area contributed by atoms with E-state index in [0.29, 0.717) is 5.75 Å². The molecule has 0 aromatic rings. The van der Waals surface area contributed by atoms with Gasteiger partial charge in [-0.25, -0.2) is 0 Å². The van der Waals surface area contributed by atoms with Crippen LogP contribution >= 0.6 is 12.6 Å². The summed E-state index contributed by atoms with van der Waals surface area (Å²) in [5.41, 5.74) is 16.0. The second kappa shape index (κ2) is 13.6. The first kappa shape index (κ1) is 32.2. The monoisotopic (exact) mass is 576 g/mol. The van der Waals surface area contributed by atoms with Gasteiger partial charge in [0, 0.05) is 12.3 Å². The van der Waals surface area contributed by atoms with Crippen LogP contribution in [0.2, 0.25) is 0 Å². The Balaban J connectivity index is 1.76. The van der Waals surface area contributed by atoms with Crippen LogP contribution in [0.3, 0.4) is 0 Å². The lowest BCUT2D eigenvalue weighted by atomic mass is 9.92.